The van der Waals surface area contributed by atoms with Crippen molar-refractivity contribution in [3.05, 3.63) is 243 Å². The highest BCUT2D eigenvalue weighted by atomic mass is 15.1. The number of rotatable bonds is 6. The van der Waals surface area contributed by atoms with E-state index in [0.29, 0.717) is 0 Å². The second-order valence-electron chi connectivity index (χ2n) is 19.3. The number of benzene rings is 13. The Morgan fingerprint density at radius 1 is 0.319 bits per heavy atom. The Morgan fingerprint density at radius 3 is 1.51 bits per heavy atom. The third-order valence-corrected chi connectivity index (χ3v) is 15.4. The van der Waals surface area contributed by atoms with Crippen molar-refractivity contribution in [1.82, 2.24) is 14.4 Å². The molecule has 4 heteroatoms. The first-order valence-electron chi connectivity index (χ1n) is 24.7. The van der Waals surface area contributed by atoms with Crippen LogP contribution in [0.3, 0.4) is 0 Å². The van der Waals surface area contributed by atoms with Crippen molar-refractivity contribution in [2.75, 3.05) is 4.90 Å². The van der Waals surface area contributed by atoms with Gasteiger partial charge in [0.2, 0.25) is 0 Å². The number of hydrogen-bond donors (Lipinski definition) is 0. The molecule has 0 saturated heterocycles. The van der Waals surface area contributed by atoms with Crippen LogP contribution >= 0.6 is 0 Å². The van der Waals surface area contributed by atoms with E-state index in [4.69, 9.17) is 9.97 Å². The van der Waals surface area contributed by atoms with Crippen LogP contribution in [0.15, 0.2) is 243 Å². The van der Waals surface area contributed by atoms with Gasteiger partial charge in [0.25, 0.3) is 0 Å². The van der Waals surface area contributed by atoms with Gasteiger partial charge in [0.15, 0.2) is 0 Å². The first kappa shape index (κ1) is 39.2. The van der Waals surface area contributed by atoms with Crippen molar-refractivity contribution < 1.29 is 0 Å². The van der Waals surface area contributed by atoms with Gasteiger partial charge in [-0.3, -0.25) is 4.40 Å². The molecule has 72 heavy (non-hydrogen) atoms. The minimum atomic E-state index is 0.899. The summed E-state index contributed by atoms with van der Waals surface area (Å²) in [6, 6.07) is 87.2. The minimum Gasteiger partial charge on any atom is -0.310 e. The molecule has 4 nitrogen and oxygen atoms in total. The fourth-order valence-electron chi connectivity index (χ4n) is 12.1. The maximum absolute atomic E-state index is 5.35. The fraction of sp³-hybridized carbons (Fsp3) is 0. The van der Waals surface area contributed by atoms with E-state index in [0.717, 1.165) is 67.0 Å². The van der Waals surface area contributed by atoms with E-state index in [1.54, 1.807) is 0 Å². The number of imidazole rings is 1. The standard InChI is InChI=1S/C68H40N4/c1-2-10-49-38-53(31-22-41(49)9-1)72(52-29-23-48(24-30-52)66-68-67(59-15-3-4-16-60(59)69-66)70-61-17-5-6-36-71(61)68)54-39-50(55-32-25-46-20-18-42-11-7-13-44-27-34-57(55)64(46)62(42)44)37-51(40-54)56-33-26-47-21-19-43-12-8-14-45-28-35-58(56)65(47)63(43)45/h1-40H. The second kappa shape index (κ2) is 14.9. The molecule has 0 bridgehead atoms. The second-order valence-corrected chi connectivity index (χ2v) is 19.3. The summed E-state index contributed by atoms with van der Waals surface area (Å²) in [6.07, 6.45) is 2.09. The topological polar surface area (TPSA) is 33.4 Å². The number of hydrogen-bond acceptors (Lipinski definition) is 3. The van der Waals surface area contributed by atoms with Crippen LogP contribution in [0.2, 0.25) is 0 Å². The van der Waals surface area contributed by atoms with Gasteiger partial charge in [-0.15, -0.1) is 0 Å². The van der Waals surface area contributed by atoms with Gasteiger partial charge >= 0.3 is 0 Å². The summed E-state index contributed by atoms with van der Waals surface area (Å²) in [6.45, 7) is 0. The molecule has 0 aliphatic rings. The summed E-state index contributed by atoms with van der Waals surface area (Å²) in [5.41, 5.74) is 13.6. The molecule has 332 valence electrons. The molecule has 0 atom stereocenters. The summed E-state index contributed by atoms with van der Waals surface area (Å²) in [5.74, 6) is 0. The van der Waals surface area contributed by atoms with Crippen LogP contribution < -0.4 is 4.90 Å². The molecule has 0 spiro atoms. The number of anilines is 3. The van der Waals surface area contributed by atoms with Crippen LogP contribution in [-0.4, -0.2) is 14.4 Å². The number of nitrogens with zero attached hydrogens (tertiary/aromatic N) is 4. The molecular weight excluding hydrogens is 873 g/mol. The van der Waals surface area contributed by atoms with Gasteiger partial charge in [-0.25, -0.2) is 9.97 Å². The van der Waals surface area contributed by atoms with Crippen molar-refractivity contribution in [2.45, 2.75) is 0 Å². The molecule has 0 N–H and O–H groups in total. The van der Waals surface area contributed by atoms with E-state index in [1.807, 2.05) is 6.07 Å². The molecule has 16 aromatic rings. The largest absolute Gasteiger partial charge is 0.310 e. The molecule has 0 aliphatic heterocycles. The number of para-hydroxylation sites is 1. The highest BCUT2D eigenvalue weighted by Gasteiger charge is 2.22. The maximum Gasteiger partial charge on any atom is 0.137 e. The molecule has 3 aromatic heterocycles. The van der Waals surface area contributed by atoms with Crippen molar-refractivity contribution in [3.8, 4) is 33.5 Å². The number of pyridine rings is 2. The zero-order valence-electron chi connectivity index (χ0n) is 38.9. The van der Waals surface area contributed by atoms with Gasteiger partial charge in [0, 0.05) is 34.2 Å². The van der Waals surface area contributed by atoms with Crippen LogP contribution in [0, 0.1) is 0 Å². The van der Waals surface area contributed by atoms with Gasteiger partial charge in [-0.05, 0) is 158 Å². The normalized spacial score (nSPS) is 12.2. The average Bonchev–Trinajstić information content (AvgIpc) is 3.84. The Balaban J connectivity index is 0.958. The Bertz CT molecular complexity index is 4680. The lowest BCUT2D eigenvalue weighted by atomic mass is 9.87. The predicted molar refractivity (Wildman–Crippen MR) is 304 cm³/mol. The third kappa shape index (κ3) is 5.75. The maximum atomic E-state index is 5.35. The number of aromatic nitrogens is 3. The molecular formula is C68H40N4. The van der Waals surface area contributed by atoms with Crippen molar-refractivity contribution in [1.29, 1.82) is 0 Å². The molecule has 13 aromatic carbocycles. The quantitative estimate of drug-likeness (QED) is 0.156. The summed E-state index contributed by atoms with van der Waals surface area (Å²) < 4.78 is 2.17. The summed E-state index contributed by atoms with van der Waals surface area (Å²) in [7, 11) is 0. The minimum absolute atomic E-state index is 0.899. The Morgan fingerprint density at radius 2 is 0.847 bits per heavy atom. The van der Waals surface area contributed by atoms with Crippen LogP contribution in [-0.2, 0) is 0 Å². The first-order valence-corrected chi connectivity index (χ1v) is 24.7. The third-order valence-electron chi connectivity index (χ3n) is 15.4. The number of fused-ring (bicyclic) bond motifs is 6. The zero-order chi connectivity index (χ0) is 47.0. The SMILES string of the molecule is c1ccc2cc(N(c3ccc(-c4nc5ccccc5c5nc6ccccn6c45)cc3)c3cc(-c4ccc5ccc6cccc7ccc4c5c67)cc(-c4ccc5ccc6cccc7ccc4c5c67)c3)ccc2c1. The molecule has 3 heterocycles. The van der Waals surface area contributed by atoms with Crippen LogP contribution in [0.1, 0.15) is 0 Å². The molecule has 0 saturated carbocycles. The summed E-state index contributed by atoms with van der Waals surface area (Å²) >= 11 is 0. The molecule has 0 amide bonds. The van der Waals surface area contributed by atoms with Crippen LogP contribution in [0.25, 0.3) is 137 Å². The molecule has 0 fully saturated rings. The highest BCUT2D eigenvalue weighted by molar-refractivity contribution is 6.27. The Labute approximate surface area is 413 Å². The highest BCUT2D eigenvalue weighted by Crippen LogP contribution is 2.47. The van der Waals surface area contributed by atoms with Gasteiger partial charge in [-0.1, -0.05) is 176 Å². The average molecular weight is 913 g/mol. The first-order chi connectivity index (χ1) is 35.7. The van der Waals surface area contributed by atoms with E-state index < -0.39 is 0 Å². The lowest BCUT2D eigenvalue weighted by Crippen LogP contribution is -2.10. The van der Waals surface area contributed by atoms with E-state index in [-0.39, 0.29) is 0 Å². The van der Waals surface area contributed by atoms with Gasteiger partial charge in [-0.2, -0.15) is 0 Å². The van der Waals surface area contributed by atoms with E-state index in [1.165, 1.54) is 86.5 Å². The van der Waals surface area contributed by atoms with Crippen molar-refractivity contribution >= 4 is 120 Å². The molecule has 0 aliphatic carbocycles. The van der Waals surface area contributed by atoms with Crippen LogP contribution in [0.4, 0.5) is 17.1 Å². The molecule has 0 unspecified atom stereocenters. The lowest BCUT2D eigenvalue weighted by molar-refractivity contribution is 1.22. The smallest absolute Gasteiger partial charge is 0.137 e. The van der Waals surface area contributed by atoms with Crippen LogP contribution in [0.5, 0.6) is 0 Å². The Hall–Kier alpha value is -9.64. The van der Waals surface area contributed by atoms with Gasteiger partial charge in [0.1, 0.15) is 11.2 Å². The molecule has 16 rings (SSSR count). The lowest BCUT2D eigenvalue weighted by Gasteiger charge is -2.28. The van der Waals surface area contributed by atoms with E-state index in [9.17, 15) is 0 Å². The fourth-order valence-corrected chi connectivity index (χ4v) is 12.1. The van der Waals surface area contributed by atoms with Gasteiger partial charge in [0.05, 0.1) is 16.7 Å². The predicted octanol–water partition coefficient (Wildman–Crippen LogP) is 18.5. The van der Waals surface area contributed by atoms with E-state index in [2.05, 4.69) is 246 Å². The summed E-state index contributed by atoms with van der Waals surface area (Å²) in [5, 5.41) is 18.7. The monoisotopic (exact) mass is 912 g/mol. The zero-order valence-corrected chi connectivity index (χ0v) is 38.9. The van der Waals surface area contributed by atoms with Crippen molar-refractivity contribution in [3.63, 3.8) is 0 Å². The molecule has 0 radical (unpaired) electrons. The van der Waals surface area contributed by atoms with E-state index >= 15 is 0 Å². The summed E-state index contributed by atoms with van der Waals surface area (Å²) in [4.78, 5) is 12.9. The van der Waals surface area contributed by atoms with Crippen molar-refractivity contribution in [2.24, 2.45) is 0 Å². The van der Waals surface area contributed by atoms with Gasteiger partial charge < -0.3 is 4.90 Å². The Kier molecular flexibility index (Phi) is 8.14.